The minimum Gasteiger partial charge on any atom is -0.507 e. The normalized spacial score (nSPS) is 11.9. The van der Waals surface area contributed by atoms with Gasteiger partial charge in [0.15, 0.2) is 0 Å². The van der Waals surface area contributed by atoms with Crippen LogP contribution in [0.5, 0.6) is 5.75 Å². The van der Waals surface area contributed by atoms with Crippen LogP contribution in [0.1, 0.15) is 0 Å². The molecule has 0 spiro atoms. The van der Waals surface area contributed by atoms with Crippen molar-refractivity contribution < 1.29 is 5.11 Å². The van der Waals surface area contributed by atoms with E-state index < -0.39 is 8.07 Å². The van der Waals surface area contributed by atoms with Crippen LogP contribution in [0.25, 0.3) is 10.8 Å². The van der Waals surface area contributed by atoms with Gasteiger partial charge in [0.05, 0.1) is 8.07 Å². The molecule has 1 N–H and O–H groups in total. The van der Waals surface area contributed by atoms with E-state index in [1.807, 2.05) is 18.2 Å². The van der Waals surface area contributed by atoms with Crippen molar-refractivity contribution in [3.8, 4) is 5.75 Å². The molecule has 0 aliphatic heterocycles. The number of aromatic hydroxyl groups is 1. The number of hydrogen-bond donors (Lipinski definition) is 1. The number of phenolic OH excluding ortho intramolecular Hbond substituents is 1. The van der Waals surface area contributed by atoms with E-state index in [0.29, 0.717) is 5.75 Å². The maximum absolute atomic E-state index is 9.78. The number of fused-ring (bicyclic) bond motifs is 1. The zero-order chi connectivity index (χ0) is 11.1. The highest BCUT2D eigenvalue weighted by Crippen LogP contribution is 2.24. The summed E-state index contributed by atoms with van der Waals surface area (Å²) in [5.41, 5.74) is 0. The van der Waals surface area contributed by atoms with Gasteiger partial charge in [-0.25, -0.2) is 0 Å². The lowest BCUT2D eigenvalue weighted by Gasteiger charge is -2.19. The summed E-state index contributed by atoms with van der Waals surface area (Å²) in [4.78, 5) is 0. The molecule has 0 aromatic heterocycles. The Morgan fingerprint density at radius 2 is 1.47 bits per heavy atom. The highest BCUT2D eigenvalue weighted by molar-refractivity contribution is 6.90. The minimum absolute atomic E-state index is 0.382. The number of hydrogen-bond acceptors (Lipinski definition) is 1. The molecule has 2 rings (SSSR count). The summed E-state index contributed by atoms with van der Waals surface area (Å²) < 4.78 is 0. The third-order valence-corrected chi connectivity index (χ3v) is 4.76. The van der Waals surface area contributed by atoms with Crippen molar-refractivity contribution in [3.05, 3.63) is 36.4 Å². The van der Waals surface area contributed by atoms with Crippen molar-refractivity contribution in [1.82, 2.24) is 0 Å². The van der Waals surface area contributed by atoms with Gasteiger partial charge in [0, 0.05) is 5.39 Å². The summed E-state index contributed by atoms with van der Waals surface area (Å²) in [5.74, 6) is 0.382. The van der Waals surface area contributed by atoms with E-state index in [9.17, 15) is 5.11 Å². The second-order valence-electron chi connectivity index (χ2n) is 4.93. The fourth-order valence-electron chi connectivity index (χ4n) is 1.95. The Bertz CT molecular complexity index is 497. The predicted octanol–water partition coefficient (Wildman–Crippen LogP) is 3.09. The van der Waals surface area contributed by atoms with Gasteiger partial charge in [-0.2, -0.15) is 0 Å². The fraction of sp³-hybridized carbons (Fsp3) is 0.231. The molecule has 0 radical (unpaired) electrons. The summed E-state index contributed by atoms with van der Waals surface area (Å²) in [6, 6.07) is 12.0. The monoisotopic (exact) mass is 216 g/mol. The van der Waals surface area contributed by atoms with Crippen LogP contribution in [0.4, 0.5) is 0 Å². The third-order valence-electron chi connectivity index (χ3n) is 2.71. The molecule has 0 saturated heterocycles. The summed E-state index contributed by atoms with van der Waals surface area (Å²) >= 11 is 0. The van der Waals surface area contributed by atoms with Crippen molar-refractivity contribution >= 4 is 24.0 Å². The summed E-state index contributed by atoms with van der Waals surface area (Å²) in [5, 5.41) is 13.4. The van der Waals surface area contributed by atoms with Gasteiger partial charge in [0.25, 0.3) is 0 Å². The minimum atomic E-state index is -1.33. The SMILES string of the molecule is C[Si](C)(C)c1cccc2c(O)cccc12. The van der Waals surface area contributed by atoms with E-state index in [2.05, 4.69) is 31.8 Å². The summed E-state index contributed by atoms with van der Waals surface area (Å²) in [6.07, 6.45) is 0. The van der Waals surface area contributed by atoms with Gasteiger partial charge in [0.1, 0.15) is 5.75 Å². The molecule has 2 heteroatoms. The fourth-order valence-corrected chi connectivity index (χ4v) is 3.57. The van der Waals surface area contributed by atoms with Gasteiger partial charge < -0.3 is 5.11 Å². The zero-order valence-corrected chi connectivity index (χ0v) is 10.4. The van der Waals surface area contributed by atoms with E-state index in [1.54, 1.807) is 6.07 Å². The van der Waals surface area contributed by atoms with Gasteiger partial charge in [-0.1, -0.05) is 55.2 Å². The predicted molar refractivity (Wildman–Crippen MR) is 68.6 cm³/mol. The van der Waals surface area contributed by atoms with Gasteiger partial charge in [-0.05, 0) is 11.5 Å². The largest absolute Gasteiger partial charge is 0.507 e. The average Bonchev–Trinajstić information content (AvgIpc) is 2.16. The van der Waals surface area contributed by atoms with Crippen molar-refractivity contribution in [2.75, 3.05) is 0 Å². The molecule has 0 fully saturated rings. The lowest BCUT2D eigenvalue weighted by molar-refractivity contribution is 0.481. The van der Waals surface area contributed by atoms with Crippen molar-refractivity contribution in [3.63, 3.8) is 0 Å². The van der Waals surface area contributed by atoms with Crippen LogP contribution in [0.15, 0.2) is 36.4 Å². The molecule has 2 aromatic carbocycles. The molecule has 0 heterocycles. The second-order valence-corrected chi connectivity index (χ2v) is 9.97. The molecule has 1 nitrogen and oxygen atoms in total. The van der Waals surface area contributed by atoms with E-state index in [1.165, 1.54) is 10.6 Å². The summed E-state index contributed by atoms with van der Waals surface area (Å²) in [6.45, 7) is 6.98. The van der Waals surface area contributed by atoms with E-state index in [4.69, 9.17) is 0 Å². The van der Waals surface area contributed by atoms with E-state index >= 15 is 0 Å². The molecule has 0 unspecified atom stereocenters. The first-order chi connectivity index (χ1) is 7.00. The molecule has 0 bridgehead atoms. The van der Waals surface area contributed by atoms with E-state index in [0.717, 1.165) is 5.39 Å². The molecule has 78 valence electrons. The molecule has 0 aliphatic rings. The molecule has 0 saturated carbocycles. The zero-order valence-electron chi connectivity index (χ0n) is 9.41. The Labute approximate surface area is 91.4 Å². The maximum atomic E-state index is 9.78. The maximum Gasteiger partial charge on any atom is 0.123 e. The van der Waals surface area contributed by atoms with Gasteiger partial charge in [-0.3, -0.25) is 0 Å². The Morgan fingerprint density at radius 1 is 0.867 bits per heavy atom. The van der Waals surface area contributed by atoms with Crippen LogP contribution in [-0.4, -0.2) is 13.2 Å². The molecule has 15 heavy (non-hydrogen) atoms. The van der Waals surface area contributed by atoms with Crippen LogP contribution in [0, 0.1) is 0 Å². The van der Waals surface area contributed by atoms with Crippen LogP contribution < -0.4 is 5.19 Å². The topological polar surface area (TPSA) is 20.2 Å². The molecular weight excluding hydrogens is 200 g/mol. The highest BCUT2D eigenvalue weighted by Gasteiger charge is 2.19. The van der Waals surface area contributed by atoms with Gasteiger partial charge in [-0.15, -0.1) is 0 Å². The smallest absolute Gasteiger partial charge is 0.123 e. The van der Waals surface area contributed by atoms with Gasteiger partial charge >= 0.3 is 0 Å². The quantitative estimate of drug-likeness (QED) is 0.726. The summed E-state index contributed by atoms with van der Waals surface area (Å²) in [7, 11) is -1.33. The van der Waals surface area contributed by atoms with Crippen LogP contribution in [-0.2, 0) is 0 Å². The van der Waals surface area contributed by atoms with Crippen molar-refractivity contribution in [1.29, 1.82) is 0 Å². The highest BCUT2D eigenvalue weighted by atomic mass is 28.3. The number of phenols is 1. The first-order valence-electron chi connectivity index (χ1n) is 5.21. The van der Waals surface area contributed by atoms with Crippen molar-refractivity contribution in [2.24, 2.45) is 0 Å². The van der Waals surface area contributed by atoms with E-state index in [-0.39, 0.29) is 0 Å². The molecule has 0 amide bonds. The standard InChI is InChI=1S/C13H16OSi/c1-15(2,3)13-9-5-6-10-11(13)7-4-8-12(10)14/h4-9,14H,1-3H3. The van der Waals surface area contributed by atoms with Crippen LogP contribution in [0.3, 0.4) is 0 Å². The van der Waals surface area contributed by atoms with Crippen LogP contribution in [0.2, 0.25) is 19.6 Å². The number of rotatable bonds is 1. The second kappa shape index (κ2) is 3.38. The molecule has 0 atom stereocenters. The first kappa shape index (κ1) is 10.2. The van der Waals surface area contributed by atoms with Crippen molar-refractivity contribution in [2.45, 2.75) is 19.6 Å². The Morgan fingerprint density at radius 3 is 2.13 bits per heavy atom. The average molecular weight is 216 g/mol. The first-order valence-corrected chi connectivity index (χ1v) is 8.71. The lowest BCUT2D eigenvalue weighted by Crippen LogP contribution is -2.37. The Kier molecular flexibility index (Phi) is 2.31. The van der Waals surface area contributed by atoms with Crippen LogP contribution >= 0.6 is 0 Å². The van der Waals surface area contributed by atoms with Gasteiger partial charge in [0.2, 0.25) is 0 Å². The Balaban J connectivity index is 2.83. The Hall–Kier alpha value is -1.28. The molecular formula is C13H16OSi. The number of benzene rings is 2. The molecule has 2 aromatic rings. The third kappa shape index (κ3) is 1.77. The molecule has 0 aliphatic carbocycles. The lowest BCUT2D eigenvalue weighted by atomic mass is 10.1.